The molecule has 9 rings (SSSR count). The molecule has 8 aliphatic rings. The Balaban J connectivity index is 1.09. The minimum absolute atomic E-state index is 0.0509. The van der Waals surface area contributed by atoms with Gasteiger partial charge in [0.05, 0.1) is 5.41 Å². The number of benzene rings is 1. The van der Waals surface area contributed by atoms with Crippen LogP contribution in [0, 0.1) is 46.3 Å². The second-order valence-corrected chi connectivity index (χ2v) is 12.9. The predicted octanol–water partition coefficient (Wildman–Crippen LogP) is 6.60. The predicted molar refractivity (Wildman–Crippen MR) is 120 cm³/mol. The van der Waals surface area contributed by atoms with Crippen LogP contribution in [0.25, 0.3) is 0 Å². The number of rotatable bonds is 4. The summed E-state index contributed by atoms with van der Waals surface area (Å²) in [6.07, 6.45) is 17.8. The number of carbonyl (C=O) groups is 1. The molecule has 30 heavy (non-hydrogen) atoms. The molecule has 0 radical (unpaired) electrons. The van der Waals surface area contributed by atoms with Gasteiger partial charge in [-0.1, -0.05) is 12.1 Å². The Morgan fingerprint density at radius 3 is 1.80 bits per heavy atom. The van der Waals surface area contributed by atoms with Crippen LogP contribution in [0.4, 0.5) is 5.69 Å². The first-order valence-corrected chi connectivity index (χ1v) is 13.0. The molecule has 160 valence electrons. The van der Waals surface area contributed by atoms with Gasteiger partial charge in [0.1, 0.15) is 0 Å². The summed E-state index contributed by atoms with van der Waals surface area (Å²) in [6, 6.07) is 8.95. The molecular formula is C28H37NO. The Labute approximate surface area is 181 Å². The Kier molecular flexibility index (Phi) is 3.88. The highest BCUT2D eigenvalue weighted by Crippen LogP contribution is 2.62. The quantitative estimate of drug-likeness (QED) is 0.603. The van der Waals surface area contributed by atoms with Crippen molar-refractivity contribution in [1.82, 2.24) is 0 Å². The van der Waals surface area contributed by atoms with Gasteiger partial charge >= 0.3 is 0 Å². The summed E-state index contributed by atoms with van der Waals surface area (Å²) in [5.74, 6) is 5.84. The zero-order chi connectivity index (χ0) is 19.9. The van der Waals surface area contributed by atoms with E-state index in [0.29, 0.717) is 11.3 Å². The third-order valence-corrected chi connectivity index (χ3v) is 10.4. The summed E-state index contributed by atoms with van der Waals surface area (Å²) < 4.78 is 0. The van der Waals surface area contributed by atoms with Crippen LogP contribution < -0.4 is 5.32 Å². The largest absolute Gasteiger partial charge is 0.326 e. The Morgan fingerprint density at radius 1 is 0.767 bits per heavy atom. The van der Waals surface area contributed by atoms with Gasteiger partial charge in [0.2, 0.25) is 5.91 Å². The number of hydrogen-bond acceptors (Lipinski definition) is 1. The molecule has 0 saturated heterocycles. The fourth-order valence-electron chi connectivity index (χ4n) is 10.4. The van der Waals surface area contributed by atoms with Crippen molar-refractivity contribution in [2.75, 3.05) is 5.32 Å². The lowest BCUT2D eigenvalue weighted by molar-refractivity contribution is -0.140. The highest BCUT2D eigenvalue weighted by atomic mass is 16.2. The molecule has 0 aliphatic heterocycles. The van der Waals surface area contributed by atoms with Crippen LogP contribution in [-0.4, -0.2) is 5.91 Å². The Morgan fingerprint density at radius 2 is 1.27 bits per heavy atom. The smallest absolute Gasteiger partial charge is 0.230 e. The first-order chi connectivity index (χ1) is 14.5. The van der Waals surface area contributed by atoms with Crippen molar-refractivity contribution >= 4 is 11.6 Å². The molecule has 8 aliphatic carbocycles. The Bertz CT molecular complexity index is 799. The van der Waals surface area contributed by atoms with Gasteiger partial charge in [0, 0.05) is 5.69 Å². The van der Waals surface area contributed by atoms with E-state index in [-0.39, 0.29) is 5.41 Å². The number of amides is 1. The molecule has 2 nitrogen and oxygen atoms in total. The molecule has 1 aromatic carbocycles. The van der Waals surface area contributed by atoms with E-state index in [9.17, 15) is 4.79 Å². The second kappa shape index (κ2) is 6.36. The highest BCUT2D eigenvalue weighted by Gasteiger charge is 2.54. The fraction of sp³-hybridized carbons (Fsp3) is 0.750. The highest BCUT2D eigenvalue weighted by molar-refractivity contribution is 5.95. The van der Waals surface area contributed by atoms with Crippen LogP contribution in [0.15, 0.2) is 24.3 Å². The van der Waals surface area contributed by atoms with Crippen LogP contribution in [0.2, 0.25) is 0 Å². The van der Waals surface area contributed by atoms with Gasteiger partial charge in [-0.05, 0) is 142 Å². The minimum atomic E-state index is -0.0509. The van der Waals surface area contributed by atoms with E-state index in [1.807, 2.05) is 0 Å². The normalized spacial score (nSPS) is 47.6. The molecule has 0 atom stereocenters. The van der Waals surface area contributed by atoms with Crippen molar-refractivity contribution in [3.05, 3.63) is 29.8 Å². The van der Waals surface area contributed by atoms with Crippen LogP contribution in [-0.2, 0) is 11.2 Å². The molecule has 0 unspecified atom stereocenters. The molecule has 0 heterocycles. The van der Waals surface area contributed by atoms with Crippen LogP contribution >= 0.6 is 0 Å². The molecule has 2 heteroatoms. The maximum atomic E-state index is 13.5. The second-order valence-electron chi connectivity index (χ2n) is 12.9. The van der Waals surface area contributed by atoms with Crippen molar-refractivity contribution < 1.29 is 4.79 Å². The average Bonchev–Trinajstić information content (AvgIpc) is 2.65. The molecule has 0 spiro atoms. The maximum absolute atomic E-state index is 13.5. The van der Waals surface area contributed by atoms with E-state index >= 15 is 0 Å². The minimum Gasteiger partial charge on any atom is -0.326 e. The standard InChI is InChI=1S/C28H37NO/c30-26(28-15-22-7-23(16-28)9-24(8-22)17-28)29-25-3-1-2-18(10-25)11-27-12-19-4-20(13-27)6-21(5-19)14-27/h1-3,10,19-24H,4-9,11-17H2,(H,29,30). The third-order valence-electron chi connectivity index (χ3n) is 10.4. The first kappa shape index (κ1) is 18.3. The maximum Gasteiger partial charge on any atom is 0.230 e. The Hall–Kier alpha value is -1.31. The van der Waals surface area contributed by atoms with Gasteiger partial charge < -0.3 is 5.32 Å². The van der Waals surface area contributed by atoms with E-state index in [1.165, 1.54) is 69.8 Å². The summed E-state index contributed by atoms with van der Waals surface area (Å²) in [5, 5.41) is 3.41. The molecule has 8 fully saturated rings. The molecular weight excluding hydrogens is 366 g/mol. The lowest BCUT2D eigenvalue weighted by Crippen LogP contribution is -2.51. The lowest BCUT2D eigenvalue weighted by atomic mass is 9.48. The van der Waals surface area contributed by atoms with Gasteiger partial charge in [-0.25, -0.2) is 0 Å². The van der Waals surface area contributed by atoms with Crippen molar-refractivity contribution in [2.24, 2.45) is 46.3 Å². The van der Waals surface area contributed by atoms with E-state index in [2.05, 4.69) is 29.6 Å². The van der Waals surface area contributed by atoms with Gasteiger partial charge in [0.15, 0.2) is 0 Å². The number of nitrogens with one attached hydrogen (secondary N) is 1. The van der Waals surface area contributed by atoms with Crippen LogP contribution in [0.3, 0.4) is 0 Å². The molecule has 8 bridgehead atoms. The molecule has 1 N–H and O–H groups in total. The van der Waals surface area contributed by atoms with Crippen LogP contribution in [0.1, 0.15) is 82.6 Å². The van der Waals surface area contributed by atoms with Gasteiger partial charge in [-0.2, -0.15) is 0 Å². The zero-order valence-corrected chi connectivity index (χ0v) is 18.4. The van der Waals surface area contributed by atoms with Gasteiger partial charge in [-0.15, -0.1) is 0 Å². The van der Waals surface area contributed by atoms with Crippen molar-refractivity contribution in [2.45, 2.75) is 83.5 Å². The average molecular weight is 404 g/mol. The fourth-order valence-corrected chi connectivity index (χ4v) is 10.4. The number of carbonyl (C=O) groups excluding carboxylic acids is 1. The van der Waals surface area contributed by atoms with Crippen molar-refractivity contribution in [3.63, 3.8) is 0 Å². The van der Waals surface area contributed by atoms with Gasteiger partial charge in [0.25, 0.3) is 0 Å². The first-order valence-electron chi connectivity index (χ1n) is 13.0. The summed E-state index contributed by atoms with van der Waals surface area (Å²) in [7, 11) is 0. The summed E-state index contributed by atoms with van der Waals surface area (Å²) in [6.45, 7) is 0. The van der Waals surface area contributed by atoms with E-state index < -0.39 is 0 Å². The monoisotopic (exact) mass is 403 g/mol. The number of hydrogen-bond donors (Lipinski definition) is 1. The molecule has 8 saturated carbocycles. The van der Waals surface area contributed by atoms with E-state index in [0.717, 1.165) is 60.5 Å². The van der Waals surface area contributed by atoms with Gasteiger partial charge in [-0.3, -0.25) is 4.79 Å². The van der Waals surface area contributed by atoms with E-state index in [4.69, 9.17) is 0 Å². The molecule has 1 aromatic rings. The van der Waals surface area contributed by atoms with Crippen molar-refractivity contribution in [1.29, 1.82) is 0 Å². The molecule has 0 aromatic heterocycles. The summed E-state index contributed by atoms with van der Waals surface area (Å²) >= 11 is 0. The van der Waals surface area contributed by atoms with Crippen molar-refractivity contribution in [3.8, 4) is 0 Å². The number of anilines is 1. The lowest BCUT2D eigenvalue weighted by Gasteiger charge is -2.57. The zero-order valence-electron chi connectivity index (χ0n) is 18.4. The summed E-state index contributed by atoms with van der Waals surface area (Å²) in [4.78, 5) is 13.5. The summed E-state index contributed by atoms with van der Waals surface area (Å²) in [5.41, 5.74) is 3.03. The van der Waals surface area contributed by atoms with Crippen LogP contribution in [0.5, 0.6) is 0 Å². The molecule has 1 amide bonds. The topological polar surface area (TPSA) is 29.1 Å². The SMILES string of the molecule is O=C(Nc1cccc(CC23CC4CC(CC(C4)C2)C3)c1)C12CC3CC(CC(C3)C1)C2. The third kappa shape index (κ3) is 2.92. The van der Waals surface area contributed by atoms with E-state index in [1.54, 1.807) is 0 Å².